The van der Waals surface area contributed by atoms with Crippen molar-refractivity contribution in [3.63, 3.8) is 0 Å². The fourth-order valence-corrected chi connectivity index (χ4v) is 7.00. The summed E-state index contributed by atoms with van der Waals surface area (Å²) >= 11 is 0. The molecular weight excluding hydrogens is 907 g/mol. The van der Waals surface area contributed by atoms with Crippen molar-refractivity contribution < 1.29 is 92.7 Å². The van der Waals surface area contributed by atoms with Gasteiger partial charge in [0.15, 0.2) is 0 Å². The minimum absolute atomic E-state index is 0. The number of hydrogen-bond donors (Lipinski definition) is 0. The van der Waals surface area contributed by atoms with E-state index in [1.54, 1.807) is 0 Å². The van der Waals surface area contributed by atoms with E-state index >= 15 is 0 Å². The molecule has 0 unspecified atom stereocenters. The second-order valence-corrected chi connectivity index (χ2v) is 16.4. The molecule has 0 amide bonds. The Bertz CT molecular complexity index is 1760. The molecule has 0 atom stereocenters. The van der Waals surface area contributed by atoms with Crippen molar-refractivity contribution in [2.45, 2.75) is 139 Å². The summed E-state index contributed by atoms with van der Waals surface area (Å²) in [6.45, 7) is 33.8. The molecule has 288 valence electrons. The zero-order valence-electron chi connectivity index (χ0n) is 35.5. The summed E-state index contributed by atoms with van der Waals surface area (Å²) in [6, 6.07) is 28.0. The number of halogens is 3. The molecule has 0 heterocycles. The van der Waals surface area contributed by atoms with Gasteiger partial charge in [0.2, 0.25) is 0 Å². The Labute approximate surface area is 383 Å². The molecule has 54 heavy (non-hydrogen) atoms. The molecule has 6 heteroatoms. The Kier molecular flexibility index (Phi) is 26.1. The van der Waals surface area contributed by atoms with Gasteiger partial charge in [0.05, 0.1) is 0 Å². The van der Waals surface area contributed by atoms with Gasteiger partial charge in [0.25, 0.3) is 0 Å². The average molecular weight is 971 g/mol. The smallest absolute Gasteiger partial charge is 1.00 e. The fourth-order valence-electron chi connectivity index (χ4n) is 7.00. The third-order valence-electron chi connectivity index (χ3n) is 9.93. The maximum atomic E-state index is 2.39. The predicted octanol–water partition coefficient (Wildman–Crippen LogP) is 6.35. The van der Waals surface area contributed by atoms with Gasteiger partial charge >= 0.3 is 78.6 Å². The first-order valence-corrected chi connectivity index (χ1v) is 18.6. The largest absolute Gasteiger partial charge is 2.00 e. The maximum absolute atomic E-state index is 2.39. The first-order chi connectivity index (χ1) is 22.5. The van der Waals surface area contributed by atoms with Gasteiger partial charge in [-0.3, -0.25) is 0 Å². The van der Waals surface area contributed by atoms with E-state index < -0.39 is 0 Å². The molecule has 6 rings (SSSR count). The minimum atomic E-state index is 0. The Hall–Kier alpha value is -1.07. The fraction of sp³-hybridized carbons (Fsp3) is 0.438. The van der Waals surface area contributed by atoms with Crippen molar-refractivity contribution in [1.82, 2.24) is 0 Å². The monoisotopic (exact) mass is 966 g/mol. The van der Waals surface area contributed by atoms with Crippen LogP contribution >= 0.6 is 0 Å². The van der Waals surface area contributed by atoms with Crippen LogP contribution < -0.4 is 14.1 Å². The third-order valence-corrected chi connectivity index (χ3v) is 9.93. The summed E-state index contributed by atoms with van der Waals surface area (Å²) < 4.78 is 0. The van der Waals surface area contributed by atoms with Crippen LogP contribution in [-0.2, 0) is 78.6 Å². The first kappa shape index (κ1) is 57.3. The van der Waals surface area contributed by atoms with Gasteiger partial charge in [-0.15, -0.1) is 85.4 Å². The Balaban J connectivity index is -0.000000684. The maximum Gasteiger partial charge on any atom is 2.00 e. The molecule has 0 aromatic heterocycles. The van der Waals surface area contributed by atoms with Gasteiger partial charge in [-0.05, 0) is 35.5 Å². The Morgan fingerprint density at radius 3 is 0.685 bits per heavy atom. The van der Waals surface area contributed by atoms with E-state index in [0.29, 0.717) is 35.5 Å². The summed E-state index contributed by atoms with van der Waals surface area (Å²) in [7, 11) is 0. The van der Waals surface area contributed by atoms with E-state index in [-0.39, 0.29) is 92.7 Å². The molecule has 0 aliphatic rings. The summed E-state index contributed by atoms with van der Waals surface area (Å²) in [5, 5.41) is 8.55. The first-order valence-electron chi connectivity index (χ1n) is 18.6. The molecule has 0 bridgehead atoms. The van der Waals surface area contributed by atoms with Gasteiger partial charge in [-0.2, -0.15) is 18.2 Å². The van der Waals surface area contributed by atoms with Crippen LogP contribution in [0, 0.1) is 20.8 Å². The van der Waals surface area contributed by atoms with Crippen molar-refractivity contribution in [2.75, 3.05) is 0 Å². The second-order valence-electron chi connectivity index (χ2n) is 16.4. The van der Waals surface area contributed by atoms with Crippen LogP contribution in [-0.4, -0.2) is 0 Å². The number of fused-ring (bicyclic) bond motifs is 3. The predicted molar refractivity (Wildman–Crippen MR) is 217 cm³/mol. The number of aryl methyl sites for hydroxylation is 3. The summed E-state index contributed by atoms with van der Waals surface area (Å²) in [6.07, 6.45) is 0. The zero-order valence-corrected chi connectivity index (χ0v) is 42.9. The van der Waals surface area contributed by atoms with Crippen LogP contribution in [0.25, 0.3) is 32.3 Å². The van der Waals surface area contributed by atoms with E-state index in [1.807, 2.05) is 0 Å². The van der Waals surface area contributed by atoms with E-state index in [1.165, 1.54) is 82.4 Å². The molecule has 0 N–H and O–H groups in total. The van der Waals surface area contributed by atoms with Crippen LogP contribution in [0.4, 0.5) is 0 Å². The summed E-state index contributed by atoms with van der Waals surface area (Å²) in [5.74, 6) is 3.63. The molecule has 0 spiro atoms. The van der Waals surface area contributed by atoms with Crippen LogP contribution in [0.3, 0.4) is 0 Å². The van der Waals surface area contributed by atoms with E-state index in [0.717, 1.165) is 0 Å². The minimum Gasteiger partial charge on any atom is -1.00 e. The molecule has 6 aromatic rings. The Morgan fingerprint density at radius 2 is 0.519 bits per heavy atom. The van der Waals surface area contributed by atoms with Crippen LogP contribution in [0.15, 0.2) is 72.8 Å². The molecule has 0 nitrogen and oxygen atoms in total. The molecule has 0 aliphatic heterocycles. The van der Waals surface area contributed by atoms with Crippen molar-refractivity contribution in [2.24, 2.45) is 0 Å². The van der Waals surface area contributed by atoms with Crippen LogP contribution in [0.5, 0.6) is 0 Å². The van der Waals surface area contributed by atoms with E-state index in [2.05, 4.69) is 177 Å². The number of benzene rings is 3. The zero-order chi connectivity index (χ0) is 35.6. The normalized spacial score (nSPS) is 10.6. The topological polar surface area (TPSA) is 0 Å². The van der Waals surface area contributed by atoms with E-state index in [9.17, 15) is 0 Å². The quantitative estimate of drug-likeness (QED) is 0.171. The van der Waals surface area contributed by atoms with Crippen LogP contribution in [0.2, 0.25) is 0 Å². The van der Waals surface area contributed by atoms with Crippen molar-refractivity contribution in [1.29, 1.82) is 0 Å². The molecule has 0 aliphatic carbocycles. The number of hydrogen-bond acceptors (Lipinski definition) is 0. The standard InChI is InChI=1S/3C16H21.3FH.3Zr/c3*1-10(2)13-8-14-6-12(5)7-16(14)15(9-13)11(3)4;;;;;;/h3*6-11H,1-5H3;3*1H;;;/q3*-1;;;;3*+2/p-3. The third kappa shape index (κ3) is 14.1. The number of rotatable bonds is 6. The van der Waals surface area contributed by atoms with Gasteiger partial charge in [0, 0.05) is 0 Å². The molecule has 0 fully saturated rings. The summed E-state index contributed by atoms with van der Waals surface area (Å²) in [5.41, 5.74) is 13.0. The van der Waals surface area contributed by atoms with Crippen LogP contribution in [0.1, 0.15) is 169 Å². The van der Waals surface area contributed by atoms with Gasteiger partial charge in [-0.25, -0.2) is 0 Å². The summed E-state index contributed by atoms with van der Waals surface area (Å²) in [4.78, 5) is 0. The molecule has 0 saturated heterocycles. The van der Waals surface area contributed by atoms with Crippen molar-refractivity contribution >= 4 is 32.3 Å². The molecular formula is C48H63F3Zr3. The van der Waals surface area contributed by atoms with Crippen molar-refractivity contribution in [3.8, 4) is 0 Å². The second kappa shape index (κ2) is 24.6. The SMILES string of the molecule is Cc1cc2c(C(C)C)cc(C(C)C)cc2[cH-]1.Cc1cc2c(C(C)C)cc(C(C)C)cc2[cH-]1.Cc1cc2c(C(C)C)cc(C(C)C)cc2[cH-]1.[F-].[F-].[F-].[Zr+2].[Zr+2].[Zr+2]. The van der Waals surface area contributed by atoms with Gasteiger partial charge < -0.3 is 14.1 Å². The van der Waals surface area contributed by atoms with E-state index in [4.69, 9.17) is 0 Å². The van der Waals surface area contributed by atoms with Gasteiger partial charge in [0.1, 0.15) is 0 Å². The average Bonchev–Trinajstić information content (AvgIpc) is 3.68. The molecule has 6 aromatic carbocycles. The van der Waals surface area contributed by atoms with Gasteiger partial charge in [-0.1, -0.05) is 155 Å². The Morgan fingerprint density at radius 1 is 0.315 bits per heavy atom. The molecule has 0 saturated carbocycles. The molecule has 0 radical (unpaired) electrons. The van der Waals surface area contributed by atoms with Crippen molar-refractivity contribution in [3.05, 3.63) is 123 Å².